The fraction of sp³-hybridized carbons (Fsp3) is 0.0667. The van der Waals surface area contributed by atoms with Crippen LogP contribution >= 0.6 is 0 Å². The summed E-state index contributed by atoms with van der Waals surface area (Å²) in [7, 11) is 1.72. The van der Waals surface area contributed by atoms with Crippen LogP contribution in [0, 0.1) is 0 Å². The standard InChI is InChI=1S/C15H12N2O2/c1-17(14-5-3-2-4-6-14)15(19)12-7-9-13(10-8-12)16-11-18/h2-10H,1H3. The number of carbonyl (C=O) groups excluding carboxylic acids is 2. The van der Waals surface area contributed by atoms with Crippen molar-refractivity contribution in [3.8, 4) is 0 Å². The molecule has 1 amide bonds. The van der Waals surface area contributed by atoms with Gasteiger partial charge in [0, 0.05) is 18.3 Å². The molecule has 2 aromatic rings. The van der Waals surface area contributed by atoms with Crippen LogP contribution in [-0.2, 0) is 4.79 Å². The predicted octanol–water partition coefficient (Wildman–Crippen LogP) is 2.93. The maximum Gasteiger partial charge on any atom is 0.258 e. The molecule has 0 spiro atoms. The first-order valence-electron chi connectivity index (χ1n) is 5.73. The number of carbonyl (C=O) groups is 1. The van der Waals surface area contributed by atoms with Gasteiger partial charge in [-0.2, -0.15) is 4.99 Å². The van der Waals surface area contributed by atoms with Gasteiger partial charge < -0.3 is 4.90 Å². The van der Waals surface area contributed by atoms with Crippen LogP contribution in [0.25, 0.3) is 0 Å². The number of nitrogens with zero attached hydrogens (tertiary/aromatic N) is 2. The zero-order valence-electron chi connectivity index (χ0n) is 10.4. The van der Waals surface area contributed by atoms with E-state index in [1.807, 2.05) is 30.3 Å². The van der Waals surface area contributed by atoms with Gasteiger partial charge in [-0.1, -0.05) is 18.2 Å². The van der Waals surface area contributed by atoms with Crippen molar-refractivity contribution >= 4 is 23.4 Å². The Morgan fingerprint density at radius 3 is 2.26 bits per heavy atom. The predicted molar refractivity (Wildman–Crippen MR) is 73.4 cm³/mol. The van der Waals surface area contributed by atoms with Gasteiger partial charge in [0.15, 0.2) is 0 Å². The van der Waals surface area contributed by atoms with Crippen LogP contribution in [0.2, 0.25) is 0 Å². The zero-order valence-corrected chi connectivity index (χ0v) is 10.4. The van der Waals surface area contributed by atoms with E-state index in [1.54, 1.807) is 36.2 Å². The van der Waals surface area contributed by atoms with Crippen molar-refractivity contribution in [2.75, 3.05) is 11.9 Å². The molecule has 0 saturated carbocycles. The van der Waals surface area contributed by atoms with Crippen molar-refractivity contribution in [3.63, 3.8) is 0 Å². The lowest BCUT2D eigenvalue weighted by atomic mass is 10.1. The molecule has 0 aliphatic rings. The number of benzene rings is 2. The summed E-state index contributed by atoms with van der Waals surface area (Å²) >= 11 is 0. The Hall–Kier alpha value is -2.71. The van der Waals surface area contributed by atoms with Crippen molar-refractivity contribution < 1.29 is 9.59 Å². The van der Waals surface area contributed by atoms with Crippen LogP contribution in [0.1, 0.15) is 10.4 Å². The van der Waals surface area contributed by atoms with Crippen molar-refractivity contribution in [2.45, 2.75) is 0 Å². The summed E-state index contributed by atoms with van der Waals surface area (Å²) < 4.78 is 0. The number of anilines is 1. The highest BCUT2D eigenvalue weighted by Crippen LogP contribution is 2.17. The molecule has 0 atom stereocenters. The van der Waals surface area contributed by atoms with Gasteiger partial charge in [-0.3, -0.25) is 4.79 Å². The van der Waals surface area contributed by atoms with Crippen LogP contribution in [-0.4, -0.2) is 19.0 Å². The Morgan fingerprint density at radius 1 is 1.05 bits per heavy atom. The van der Waals surface area contributed by atoms with E-state index in [-0.39, 0.29) is 5.91 Å². The molecule has 0 aliphatic heterocycles. The Morgan fingerprint density at radius 2 is 1.68 bits per heavy atom. The molecule has 4 nitrogen and oxygen atoms in total. The van der Waals surface area contributed by atoms with Crippen LogP contribution in [0.4, 0.5) is 11.4 Å². The van der Waals surface area contributed by atoms with Crippen molar-refractivity contribution in [2.24, 2.45) is 4.99 Å². The third-order valence-electron chi connectivity index (χ3n) is 2.74. The van der Waals surface area contributed by atoms with Crippen molar-refractivity contribution in [1.82, 2.24) is 0 Å². The topological polar surface area (TPSA) is 49.7 Å². The molecular formula is C15H12N2O2. The summed E-state index contributed by atoms with van der Waals surface area (Å²) in [6, 6.07) is 15.9. The van der Waals surface area contributed by atoms with Crippen LogP contribution in [0.5, 0.6) is 0 Å². The Bertz CT molecular complexity index is 614. The second kappa shape index (κ2) is 5.76. The minimum Gasteiger partial charge on any atom is -0.311 e. The lowest BCUT2D eigenvalue weighted by Crippen LogP contribution is -2.25. The summed E-state index contributed by atoms with van der Waals surface area (Å²) in [4.78, 5) is 27.4. The lowest BCUT2D eigenvalue weighted by Gasteiger charge is -2.17. The van der Waals surface area contributed by atoms with E-state index in [0.29, 0.717) is 11.3 Å². The van der Waals surface area contributed by atoms with Crippen molar-refractivity contribution in [3.05, 3.63) is 60.2 Å². The number of rotatable bonds is 3. The fourth-order valence-electron chi connectivity index (χ4n) is 1.69. The average molecular weight is 252 g/mol. The van der Waals surface area contributed by atoms with Crippen LogP contribution in [0.3, 0.4) is 0 Å². The monoisotopic (exact) mass is 252 g/mol. The Kier molecular flexibility index (Phi) is 3.86. The highest BCUT2D eigenvalue weighted by Gasteiger charge is 2.12. The van der Waals surface area contributed by atoms with Crippen LogP contribution < -0.4 is 4.90 Å². The summed E-state index contributed by atoms with van der Waals surface area (Å²) in [6.45, 7) is 0. The van der Waals surface area contributed by atoms with Gasteiger partial charge in [-0.05, 0) is 36.4 Å². The molecule has 4 heteroatoms. The largest absolute Gasteiger partial charge is 0.311 e. The number of hydrogen-bond acceptors (Lipinski definition) is 3. The third kappa shape index (κ3) is 2.94. The average Bonchev–Trinajstić information content (AvgIpc) is 2.48. The van der Waals surface area contributed by atoms with Gasteiger partial charge in [-0.15, -0.1) is 0 Å². The van der Waals surface area contributed by atoms with E-state index in [4.69, 9.17) is 0 Å². The summed E-state index contributed by atoms with van der Waals surface area (Å²) in [6.07, 6.45) is 1.46. The molecule has 0 fully saturated rings. The fourth-order valence-corrected chi connectivity index (χ4v) is 1.69. The second-order valence-electron chi connectivity index (χ2n) is 3.95. The number of aliphatic imine (C=N–C) groups is 1. The highest BCUT2D eigenvalue weighted by atomic mass is 16.2. The molecule has 0 aromatic heterocycles. The zero-order chi connectivity index (χ0) is 13.7. The molecule has 0 heterocycles. The first-order chi connectivity index (χ1) is 9.22. The first-order valence-corrected chi connectivity index (χ1v) is 5.73. The highest BCUT2D eigenvalue weighted by molar-refractivity contribution is 6.05. The van der Waals surface area contributed by atoms with Crippen molar-refractivity contribution in [1.29, 1.82) is 0 Å². The molecule has 0 bridgehead atoms. The Balaban J connectivity index is 2.22. The number of hydrogen-bond donors (Lipinski definition) is 0. The lowest BCUT2D eigenvalue weighted by molar-refractivity contribution is 0.0993. The van der Waals surface area contributed by atoms with Gasteiger partial charge in [0.1, 0.15) is 0 Å². The van der Waals surface area contributed by atoms with E-state index < -0.39 is 0 Å². The van der Waals surface area contributed by atoms with Gasteiger partial charge in [0.25, 0.3) is 5.91 Å². The van der Waals surface area contributed by atoms with E-state index in [9.17, 15) is 9.59 Å². The third-order valence-corrected chi connectivity index (χ3v) is 2.74. The molecule has 2 rings (SSSR count). The second-order valence-corrected chi connectivity index (χ2v) is 3.95. The van der Waals surface area contributed by atoms with Gasteiger partial charge in [-0.25, -0.2) is 4.79 Å². The van der Waals surface area contributed by atoms with E-state index >= 15 is 0 Å². The summed E-state index contributed by atoms with van der Waals surface area (Å²) in [5, 5.41) is 0. The first kappa shape index (κ1) is 12.7. The minimum absolute atomic E-state index is 0.118. The molecule has 0 saturated heterocycles. The maximum absolute atomic E-state index is 12.2. The van der Waals surface area contributed by atoms with Crippen LogP contribution in [0.15, 0.2) is 59.6 Å². The van der Waals surface area contributed by atoms with E-state index in [0.717, 1.165) is 5.69 Å². The van der Waals surface area contributed by atoms with Gasteiger partial charge >= 0.3 is 0 Å². The normalized spacial score (nSPS) is 9.53. The van der Waals surface area contributed by atoms with Gasteiger partial charge in [0.2, 0.25) is 6.08 Å². The molecule has 19 heavy (non-hydrogen) atoms. The summed E-state index contributed by atoms with van der Waals surface area (Å²) in [5.41, 5.74) is 1.84. The number of isocyanates is 1. The van der Waals surface area contributed by atoms with E-state index in [2.05, 4.69) is 4.99 Å². The SMILES string of the molecule is CN(C(=O)c1ccc(N=C=O)cc1)c1ccccc1. The quantitative estimate of drug-likeness (QED) is 0.623. The number of amides is 1. The molecule has 0 radical (unpaired) electrons. The van der Waals surface area contributed by atoms with E-state index in [1.165, 1.54) is 6.08 Å². The Labute approximate surface area is 111 Å². The molecule has 0 N–H and O–H groups in total. The molecular weight excluding hydrogens is 240 g/mol. The maximum atomic E-state index is 12.2. The minimum atomic E-state index is -0.118. The smallest absolute Gasteiger partial charge is 0.258 e. The molecule has 0 aliphatic carbocycles. The summed E-state index contributed by atoms with van der Waals surface area (Å²) in [5.74, 6) is -0.118. The molecule has 0 unspecified atom stereocenters. The van der Waals surface area contributed by atoms with Gasteiger partial charge in [0.05, 0.1) is 5.69 Å². The molecule has 2 aromatic carbocycles. The number of para-hydroxylation sites is 1. The molecule has 94 valence electrons.